The van der Waals surface area contributed by atoms with Crippen LogP contribution in [-0.2, 0) is 0 Å². The van der Waals surface area contributed by atoms with E-state index >= 15 is 0 Å². The van der Waals surface area contributed by atoms with Gasteiger partial charge in [-0.25, -0.2) is 0 Å². The lowest BCUT2D eigenvalue weighted by Gasteiger charge is -2.23. The Morgan fingerprint density at radius 1 is 1.13 bits per heavy atom. The molecule has 0 spiro atoms. The zero-order chi connectivity index (χ0) is 10.7. The Bertz CT molecular complexity index is 215. The molecule has 2 aliphatic rings. The quantitative estimate of drug-likeness (QED) is 0.472. The van der Waals surface area contributed by atoms with Gasteiger partial charge in [0.15, 0.2) is 0 Å². The molecule has 86 valence electrons. The summed E-state index contributed by atoms with van der Waals surface area (Å²) in [4.78, 5) is 0. The van der Waals surface area contributed by atoms with Crippen molar-refractivity contribution in [3.8, 4) is 0 Å². The van der Waals surface area contributed by atoms with Gasteiger partial charge in [-0.15, -0.1) is 0 Å². The number of hydrogen-bond acceptors (Lipinski definition) is 0. The summed E-state index contributed by atoms with van der Waals surface area (Å²) < 4.78 is 0. The van der Waals surface area contributed by atoms with Crippen molar-refractivity contribution < 1.29 is 0 Å². The lowest BCUT2D eigenvalue weighted by Crippen LogP contribution is -2.15. The number of hydrogen-bond donors (Lipinski definition) is 0. The van der Waals surface area contributed by atoms with E-state index in [4.69, 9.17) is 0 Å². The maximum Gasteiger partial charge on any atom is 0.0272 e. The highest BCUT2D eigenvalue weighted by atomic mass is 28.2. The van der Waals surface area contributed by atoms with Crippen LogP contribution >= 0.6 is 0 Å². The summed E-state index contributed by atoms with van der Waals surface area (Å²) in [6.45, 7) is 4.72. The molecule has 0 aliphatic heterocycles. The van der Waals surface area contributed by atoms with Crippen LogP contribution in [0.15, 0.2) is 12.2 Å². The molecule has 1 saturated carbocycles. The molecule has 0 radical (unpaired) electrons. The van der Waals surface area contributed by atoms with E-state index in [-0.39, 0.29) is 9.52 Å². The van der Waals surface area contributed by atoms with Crippen molar-refractivity contribution >= 4 is 9.52 Å². The van der Waals surface area contributed by atoms with Gasteiger partial charge < -0.3 is 0 Å². The smallest absolute Gasteiger partial charge is 0.0272 e. The Morgan fingerprint density at radius 3 is 2.33 bits per heavy atom. The van der Waals surface area contributed by atoms with Gasteiger partial charge in [-0.2, -0.15) is 0 Å². The van der Waals surface area contributed by atoms with Gasteiger partial charge >= 0.3 is 0 Å². The van der Waals surface area contributed by atoms with Gasteiger partial charge in [0.05, 0.1) is 0 Å². The van der Waals surface area contributed by atoms with Crippen molar-refractivity contribution in [1.82, 2.24) is 0 Å². The Kier molecular flexibility index (Phi) is 4.07. The summed E-state index contributed by atoms with van der Waals surface area (Å²) in [5, 5.41) is 0. The lowest BCUT2D eigenvalue weighted by molar-refractivity contribution is 0.616. The lowest BCUT2D eigenvalue weighted by atomic mass is 10.1. The third-order valence-electron chi connectivity index (χ3n) is 4.45. The van der Waals surface area contributed by atoms with Crippen LogP contribution in [0.1, 0.15) is 52.4 Å². The average Bonchev–Trinajstić information content (AvgIpc) is 2.80. The molecule has 0 nitrogen and oxygen atoms in total. The number of rotatable bonds is 6. The first-order chi connectivity index (χ1) is 7.33. The zero-order valence-corrected chi connectivity index (χ0v) is 11.8. The summed E-state index contributed by atoms with van der Waals surface area (Å²) in [7, 11) is 0.200. The molecule has 0 aromatic rings. The van der Waals surface area contributed by atoms with Gasteiger partial charge in [-0.3, -0.25) is 0 Å². The zero-order valence-electron chi connectivity index (χ0n) is 10.4. The van der Waals surface area contributed by atoms with Gasteiger partial charge in [-0.05, 0) is 30.2 Å². The van der Waals surface area contributed by atoms with Crippen molar-refractivity contribution in [3.63, 3.8) is 0 Å². The second kappa shape index (κ2) is 5.34. The van der Waals surface area contributed by atoms with Crippen molar-refractivity contribution in [3.05, 3.63) is 12.2 Å². The topological polar surface area (TPSA) is 0 Å². The van der Waals surface area contributed by atoms with Crippen LogP contribution in [0, 0.1) is 11.8 Å². The van der Waals surface area contributed by atoms with Crippen LogP contribution in [0.3, 0.4) is 0 Å². The molecular formula is C14H26Si. The van der Waals surface area contributed by atoms with Crippen LogP contribution < -0.4 is 0 Å². The van der Waals surface area contributed by atoms with Gasteiger partial charge in [0.25, 0.3) is 0 Å². The normalized spacial score (nSPS) is 33.9. The largest absolute Gasteiger partial charge is 0.0851 e. The summed E-state index contributed by atoms with van der Waals surface area (Å²) in [6, 6.07) is 0. The van der Waals surface area contributed by atoms with E-state index in [0.717, 1.165) is 17.4 Å². The van der Waals surface area contributed by atoms with E-state index in [1.807, 2.05) is 0 Å². The minimum absolute atomic E-state index is 0.200. The van der Waals surface area contributed by atoms with E-state index in [9.17, 15) is 0 Å². The van der Waals surface area contributed by atoms with Gasteiger partial charge in [0, 0.05) is 9.52 Å². The average molecular weight is 222 g/mol. The molecule has 0 amide bonds. The molecule has 15 heavy (non-hydrogen) atoms. The molecule has 2 bridgehead atoms. The molecule has 0 heterocycles. The molecule has 0 saturated heterocycles. The highest BCUT2D eigenvalue weighted by Gasteiger charge is 2.36. The van der Waals surface area contributed by atoms with Crippen LogP contribution in [0.25, 0.3) is 0 Å². The van der Waals surface area contributed by atoms with E-state index in [1.165, 1.54) is 37.6 Å². The van der Waals surface area contributed by atoms with Crippen LogP contribution in [0.5, 0.6) is 0 Å². The van der Waals surface area contributed by atoms with Crippen LogP contribution in [-0.4, -0.2) is 9.52 Å². The van der Waals surface area contributed by atoms with Gasteiger partial charge in [0.2, 0.25) is 0 Å². The second-order valence-corrected chi connectivity index (χ2v) is 8.39. The highest BCUT2D eigenvalue weighted by Crippen LogP contribution is 2.48. The van der Waals surface area contributed by atoms with E-state index < -0.39 is 0 Å². The predicted molar refractivity (Wildman–Crippen MR) is 71.2 cm³/mol. The summed E-state index contributed by atoms with van der Waals surface area (Å²) in [5.41, 5.74) is 2.35. The van der Waals surface area contributed by atoms with Gasteiger partial charge in [-0.1, -0.05) is 57.2 Å². The van der Waals surface area contributed by atoms with Crippen molar-refractivity contribution in [1.29, 1.82) is 0 Å². The second-order valence-electron chi connectivity index (χ2n) is 5.72. The molecule has 3 atom stereocenters. The molecule has 0 N–H and O–H groups in total. The fraction of sp³-hybridized carbons (Fsp3) is 0.857. The fourth-order valence-corrected chi connectivity index (χ4v) is 7.25. The first kappa shape index (κ1) is 11.4. The standard InChI is InChI=1S/C14H26Si/c1-3-5-13(6-4-2)15-14-10-11-7-8-12(14)9-11/h7-8,11-14H,3-6,9-10,15H2,1-2H3. The van der Waals surface area contributed by atoms with E-state index in [2.05, 4.69) is 26.0 Å². The van der Waals surface area contributed by atoms with Gasteiger partial charge in [0.1, 0.15) is 0 Å². The van der Waals surface area contributed by atoms with E-state index in [1.54, 1.807) is 6.42 Å². The van der Waals surface area contributed by atoms with Crippen LogP contribution in [0.2, 0.25) is 11.1 Å². The Labute approximate surface area is 97.4 Å². The predicted octanol–water partition coefficient (Wildman–Crippen LogP) is 3.93. The van der Waals surface area contributed by atoms with Crippen LogP contribution in [0.4, 0.5) is 0 Å². The molecule has 0 aromatic carbocycles. The molecule has 0 aromatic heterocycles. The van der Waals surface area contributed by atoms with Crippen molar-refractivity contribution in [2.45, 2.75) is 63.5 Å². The maximum atomic E-state index is 2.54. The first-order valence-corrected chi connectivity index (χ1v) is 8.65. The summed E-state index contributed by atoms with van der Waals surface area (Å²) in [6.07, 6.45) is 14.0. The minimum Gasteiger partial charge on any atom is -0.0851 e. The molecule has 3 unspecified atom stereocenters. The van der Waals surface area contributed by atoms with Crippen molar-refractivity contribution in [2.75, 3.05) is 0 Å². The Hall–Kier alpha value is -0.0431. The molecule has 2 aliphatic carbocycles. The third kappa shape index (κ3) is 2.75. The first-order valence-electron chi connectivity index (χ1n) is 7.01. The SMILES string of the molecule is CCCC(CCC)[SiH2]C1CC2C=CC1C2. The molecule has 1 heteroatoms. The highest BCUT2D eigenvalue weighted by molar-refractivity contribution is 6.40. The third-order valence-corrected chi connectivity index (χ3v) is 7.47. The maximum absolute atomic E-state index is 2.54. The monoisotopic (exact) mass is 222 g/mol. The Morgan fingerprint density at radius 2 is 1.87 bits per heavy atom. The fourth-order valence-electron chi connectivity index (χ4n) is 3.79. The molecule has 1 fully saturated rings. The Balaban J connectivity index is 1.81. The minimum atomic E-state index is 0.200. The number of allylic oxidation sites excluding steroid dienone is 2. The summed E-state index contributed by atoms with van der Waals surface area (Å²) >= 11 is 0. The number of fused-ring (bicyclic) bond motifs is 2. The van der Waals surface area contributed by atoms with Crippen molar-refractivity contribution in [2.24, 2.45) is 11.8 Å². The molecular weight excluding hydrogens is 196 g/mol. The summed E-state index contributed by atoms with van der Waals surface area (Å²) in [5.74, 6) is 2.02. The van der Waals surface area contributed by atoms with E-state index in [0.29, 0.717) is 0 Å². The molecule has 2 rings (SSSR count).